The molecule has 0 radical (unpaired) electrons. The molecule has 0 saturated heterocycles. The first kappa shape index (κ1) is 41.7. The third-order valence-electron chi connectivity index (χ3n) is 13.8. The van der Waals surface area contributed by atoms with Gasteiger partial charge in [0.05, 0.1) is 11.0 Å². The molecule has 0 unspecified atom stereocenters. The average molecular weight is 897 g/mol. The van der Waals surface area contributed by atoms with Crippen LogP contribution in [0, 0.1) is 0 Å². The summed E-state index contributed by atoms with van der Waals surface area (Å²) in [6, 6.07) is 107. The summed E-state index contributed by atoms with van der Waals surface area (Å²) in [6.07, 6.45) is 0. The zero-order chi connectivity index (χ0) is 46.0. The van der Waals surface area contributed by atoms with Crippen LogP contribution in [0.1, 0.15) is 0 Å². The summed E-state index contributed by atoms with van der Waals surface area (Å²) < 4.78 is 2.37. The number of hydrogen-bond acceptors (Lipinski definition) is 1. The Morgan fingerprint density at radius 2 is 0.580 bits per heavy atom. The number of anilines is 3. The molecule has 12 aromatic rings. The average Bonchev–Trinajstić information content (AvgIpc) is 3.77. The Morgan fingerprint density at radius 3 is 1.06 bits per heavy atom. The Morgan fingerprint density at radius 1 is 0.246 bits per heavy atom. The van der Waals surface area contributed by atoms with Gasteiger partial charge in [0.2, 0.25) is 0 Å². The first-order valence-electron chi connectivity index (χ1n) is 23.7. The molecule has 0 saturated carbocycles. The molecule has 0 aliphatic carbocycles. The lowest BCUT2D eigenvalue weighted by Crippen LogP contribution is -2.74. The number of fused-ring (bicyclic) bond motifs is 3. The van der Waals surface area contributed by atoms with E-state index in [1.54, 1.807) is 0 Å². The molecule has 1 aromatic heterocycles. The maximum absolute atomic E-state index is 2.62. The molecule has 0 aliphatic heterocycles. The lowest BCUT2D eigenvalue weighted by atomic mass is 10.0. The van der Waals surface area contributed by atoms with Gasteiger partial charge in [0, 0.05) is 33.5 Å². The predicted octanol–water partition coefficient (Wildman–Crippen LogP) is 14.6. The van der Waals surface area contributed by atoms with Crippen molar-refractivity contribution in [3.8, 4) is 39.1 Å². The lowest BCUT2D eigenvalue weighted by molar-refractivity contribution is 1.18. The Hall–Kier alpha value is -8.76. The fourth-order valence-electron chi connectivity index (χ4n) is 10.5. The van der Waals surface area contributed by atoms with Crippen molar-refractivity contribution < 1.29 is 0 Å². The van der Waals surface area contributed by atoms with E-state index < -0.39 is 8.07 Å². The second kappa shape index (κ2) is 18.1. The number of hydrogen-bond donors (Lipinski definition) is 0. The SMILES string of the molecule is c1ccc(-c2ccc(N(c3ccc(-c4ccc([Si](c5ccccc5)(c5ccccc5)c5ccccc5)cc4)cc3)c3ccc(-c4ccc5c(c4)c4ccccc4n5-c4ccccc4)cc3)cc2)cc1. The van der Waals surface area contributed by atoms with Crippen LogP contribution in [0.15, 0.2) is 291 Å². The van der Waals surface area contributed by atoms with Crippen molar-refractivity contribution in [1.82, 2.24) is 4.57 Å². The van der Waals surface area contributed by atoms with Crippen LogP contribution in [0.5, 0.6) is 0 Å². The molecule has 0 aliphatic rings. The molecular weight excluding hydrogens is 849 g/mol. The summed E-state index contributed by atoms with van der Waals surface area (Å²) in [4.78, 5) is 2.36. The number of nitrogens with zero attached hydrogens (tertiary/aromatic N) is 2. The van der Waals surface area contributed by atoms with Gasteiger partial charge in [0.1, 0.15) is 0 Å². The van der Waals surface area contributed by atoms with Gasteiger partial charge in [-0.3, -0.25) is 0 Å². The van der Waals surface area contributed by atoms with Crippen molar-refractivity contribution >= 4 is 67.7 Å². The summed E-state index contributed by atoms with van der Waals surface area (Å²) in [5, 5.41) is 7.98. The monoisotopic (exact) mass is 896 g/mol. The topological polar surface area (TPSA) is 8.17 Å². The van der Waals surface area contributed by atoms with Gasteiger partial charge in [-0.25, -0.2) is 0 Å². The molecule has 12 rings (SSSR count). The summed E-state index contributed by atoms with van der Waals surface area (Å²) in [6.45, 7) is 0. The van der Waals surface area contributed by atoms with Crippen LogP contribution >= 0.6 is 0 Å². The molecule has 0 atom stereocenters. The zero-order valence-corrected chi connectivity index (χ0v) is 39.1. The minimum absolute atomic E-state index is 1.09. The Labute approximate surface area is 405 Å². The highest BCUT2D eigenvalue weighted by Crippen LogP contribution is 2.39. The van der Waals surface area contributed by atoms with Crippen molar-refractivity contribution in [2.45, 2.75) is 0 Å². The summed E-state index contributed by atoms with van der Waals surface area (Å²) in [5.41, 5.74) is 14.0. The predicted molar refractivity (Wildman–Crippen MR) is 295 cm³/mol. The van der Waals surface area contributed by atoms with E-state index in [1.165, 1.54) is 75.9 Å². The zero-order valence-electron chi connectivity index (χ0n) is 38.1. The van der Waals surface area contributed by atoms with Crippen LogP contribution in [-0.4, -0.2) is 12.6 Å². The molecule has 1 heterocycles. The molecule has 0 bridgehead atoms. The van der Waals surface area contributed by atoms with E-state index in [4.69, 9.17) is 0 Å². The van der Waals surface area contributed by atoms with Gasteiger partial charge in [-0.15, -0.1) is 0 Å². The third kappa shape index (κ3) is 7.65. The van der Waals surface area contributed by atoms with Crippen LogP contribution in [0.4, 0.5) is 17.1 Å². The van der Waals surface area contributed by atoms with Crippen LogP contribution in [0.2, 0.25) is 0 Å². The van der Waals surface area contributed by atoms with E-state index >= 15 is 0 Å². The number of para-hydroxylation sites is 2. The van der Waals surface area contributed by atoms with Gasteiger partial charge < -0.3 is 9.47 Å². The summed E-state index contributed by atoms with van der Waals surface area (Å²) >= 11 is 0. The second-order valence-corrected chi connectivity index (χ2v) is 21.5. The largest absolute Gasteiger partial charge is 0.311 e. The van der Waals surface area contributed by atoms with E-state index in [0.717, 1.165) is 22.7 Å². The first-order valence-corrected chi connectivity index (χ1v) is 25.7. The van der Waals surface area contributed by atoms with Crippen molar-refractivity contribution in [3.63, 3.8) is 0 Å². The molecule has 0 spiro atoms. The number of aromatic nitrogens is 1. The molecular formula is C66H48N2Si. The Balaban J connectivity index is 0.901. The van der Waals surface area contributed by atoms with Crippen molar-refractivity contribution in [2.24, 2.45) is 0 Å². The van der Waals surface area contributed by atoms with Crippen LogP contribution < -0.4 is 25.6 Å². The highest BCUT2D eigenvalue weighted by atomic mass is 28.3. The van der Waals surface area contributed by atoms with E-state index in [0.29, 0.717) is 0 Å². The van der Waals surface area contributed by atoms with Crippen molar-refractivity contribution in [2.75, 3.05) is 4.90 Å². The normalized spacial score (nSPS) is 11.5. The quantitative estimate of drug-likeness (QED) is 0.0928. The molecule has 3 heteroatoms. The fraction of sp³-hybridized carbons (Fsp3) is 0. The van der Waals surface area contributed by atoms with Crippen LogP contribution in [0.3, 0.4) is 0 Å². The molecule has 2 nitrogen and oxygen atoms in total. The molecule has 0 amide bonds. The van der Waals surface area contributed by atoms with Gasteiger partial charge in [0.15, 0.2) is 8.07 Å². The van der Waals surface area contributed by atoms with Gasteiger partial charge in [0.25, 0.3) is 0 Å². The third-order valence-corrected chi connectivity index (χ3v) is 18.6. The van der Waals surface area contributed by atoms with E-state index in [9.17, 15) is 0 Å². The lowest BCUT2D eigenvalue weighted by Gasteiger charge is -2.34. The van der Waals surface area contributed by atoms with Crippen molar-refractivity contribution in [3.05, 3.63) is 291 Å². The van der Waals surface area contributed by atoms with E-state index in [2.05, 4.69) is 301 Å². The van der Waals surface area contributed by atoms with Crippen LogP contribution in [-0.2, 0) is 0 Å². The second-order valence-electron chi connectivity index (χ2n) is 17.7. The Kier molecular flexibility index (Phi) is 11.0. The van der Waals surface area contributed by atoms with Crippen molar-refractivity contribution in [1.29, 1.82) is 0 Å². The van der Waals surface area contributed by atoms with Crippen LogP contribution in [0.25, 0.3) is 60.9 Å². The highest BCUT2D eigenvalue weighted by Gasteiger charge is 2.41. The molecule has 69 heavy (non-hydrogen) atoms. The minimum Gasteiger partial charge on any atom is -0.311 e. The molecule has 11 aromatic carbocycles. The van der Waals surface area contributed by atoms with Gasteiger partial charge >= 0.3 is 0 Å². The van der Waals surface area contributed by atoms with Gasteiger partial charge in [-0.1, -0.05) is 224 Å². The minimum atomic E-state index is -2.62. The Bertz CT molecular complexity index is 3550. The van der Waals surface area contributed by atoms with Gasteiger partial charge in [-0.2, -0.15) is 0 Å². The first-order chi connectivity index (χ1) is 34.2. The van der Waals surface area contributed by atoms with E-state index in [1.807, 2.05) is 0 Å². The molecule has 0 fully saturated rings. The fourth-order valence-corrected chi connectivity index (χ4v) is 15.2. The molecule has 326 valence electrons. The summed E-state index contributed by atoms with van der Waals surface area (Å²) in [7, 11) is -2.62. The summed E-state index contributed by atoms with van der Waals surface area (Å²) in [5.74, 6) is 0. The molecule has 0 N–H and O–H groups in total. The standard InChI is InChI=1S/C66H48N2Si/c1-6-18-49(19-7-1)50-30-39-56(40-31-50)67(58-43-34-53(35-44-58)54-38-47-66-64(48-54)63-28-16-17-29-65(63)68(66)55-20-8-2-9-21-55)57-41-32-51(33-42-57)52-36-45-62(46-37-52)69(59-22-10-3-11-23-59,60-24-12-4-13-25-60)61-26-14-5-15-27-61/h1-48H. The van der Waals surface area contributed by atoms with E-state index in [-0.39, 0.29) is 0 Å². The number of benzene rings is 11. The maximum Gasteiger partial charge on any atom is 0.179 e. The van der Waals surface area contributed by atoms with Gasteiger partial charge in [-0.05, 0) is 121 Å². The maximum atomic E-state index is 2.38. The smallest absolute Gasteiger partial charge is 0.179 e. The number of rotatable bonds is 11. The highest BCUT2D eigenvalue weighted by molar-refractivity contribution is 7.19.